The highest BCUT2D eigenvalue weighted by molar-refractivity contribution is 7.18. The van der Waals surface area contributed by atoms with Crippen LogP contribution in [0, 0.1) is 0 Å². The Morgan fingerprint density at radius 2 is 1.94 bits per heavy atom. The van der Waals surface area contributed by atoms with Crippen molar-refractivity contribution in [2.24, 2.45) is 0 Å². The van der Waals surface area contributed by atoms with E-state index in [0.717, 1.165) is 55.2 Å². The van der Waals surface area contributed by atoms with Gasteiger partial charge in [0.05, 0.1) is 21.8 Å². The van der Waals surface area contributed by atoms with Gasteiger partial charge in [-0.1, -0.05) is 24.3 Å². The van der Waals surface area contributed by atoms with Crippen molar-refractivity contribution in [3.05, 3.63) is 59.1 Å². The van der Waals surface area contributed by atoms with Crippen molar-refractivity contribution in [2.75, 3.05) is 26.4 Å². The van der Waals surface area contributed by atoms with E-state index in [-0.39, 0.29) is 11.3 Å². The molecule has 2 heterocycles. The van der Waals surface area contributed by atoms with Crippen LogP contribution in [0.4, 0.5) is 0 Å². The van der Waals surface area contributed by atoms with Crippen LogP contribution in [0.5, 0.6) is 5.75 Å². The van der Waals surface area contributed by atoms with E-state index in [4.69, 9.17) is 9.47 Å². The molecule has 5 nitrogen and oxygen atoms in total. The number of amides is 1. The summed E-state index contributed by atoms with van der Waals surface area (Å²) in [5.41, 5.74) is 2.21. The van der Waals surface area contributed by atoms with Crippen LogP contribution in [0.1, 0.15) is 43.2 Å². The van der Waals surface area contributed by atoms with E-state index in [1.807, 2.05) is 37.3 Å². The Bertz CT molecular complexity index is 960. The molecule has 0 aliphatic carbocycles. The molecule has 3 aromatic rings. The summed E-state index contributed by atoms with van der Waals surface area (Å²) in [6.45, 7) is 4.73. The minimum Gasteiger partial charge on any atom is -0.494 e. The Morgan fingerprint density at radius 1 is 1.16 bits per heavy atom. The number of hydrogen-bond donors (Lipinski definition) is 1. The molecule has 0 atom stereocenters. The second-order valence-electron chi connectivity index (χ2n) is 8.06. The Morgan fingerprint density at radius 3 is 2.68 bits per heavy atom. The standard InChI is InChI=1S/C25H30N2O3S/c1-2-30-20-12-10-19(11-13-20)25(14-16-29-17-15-25)18-26-23(28)8-5-9-24-27-21-6-3-4-7-22(21)31-24/h3-4,6-7,10-13H,2,5,8-9,14-18H2,1H3,(H,26,28). The van der Waals surface area contributed by atoms with Gasteiger partial charge in [0.1, 0.15) is 5.75 Å². The minimum absolute atomic E-state index is 0.0777. The largest absolute Gasteiger partial charge is 0.494 e. The molecule has 1 aliphatic rings. The zero-order chi connectivity index (χ0) is 21.5. The number of carbonyl (C=O) groups excluding carboxylic acids is 1. The second kappa shape index (κ2) is 10.2. The fourth-order valence-corrected chi connectivity index (χ4v) is 5.19. The number of ether oxygens (including phenoxy) is 2. The van der Waals surface area contributed by atoms with Crippen molar-refractivity contribution >= 4 is 27.5 Å². The van der Waals surface area contributed by atoms with Crippen molar-refractivity contribution in [1.82, 2.24) is 10.3 Å². The van der Waals surface area contributed by atoms with Crippen LogP contribution < -0.4 is 10.1 Å². The van der Waals surface area contributed by atoms with Crippen LogP contribution in [-0.4, -0.2) is 37.3 Å². The summed E-state index contributed by atoms with van der Waals surface area (Å²) in [6.07, 6.45) is 3.99. The molecule has 1 aliphatic heterocycles. The normalized spacial score (nSPS) is 15.6. The van der Waals surface area contributed by atoms with Crippen LogP contribution in [-0.2, 0) is 21.4 Å². The van der Waals surface area contributed by atoms with Crippen LogP contribution in [0.2, 0.25) is 0 Å². The SMILES string of the molecule is CCOc1ccc(C2(CNC(=O)CCCc3nc4ccccc4s3)CCOCC2)cc1. The third kappa shape index (κ3) is 5.43. The summed E-state index contributed by atoms with van der Waals surface area (Å²) in [6, 6.07) is 16.5. The van der Waals surface area contributed by atoms with E-state index in [2.05, 4.69) is 28.5 Å². The molecule has 164 valence electrons. The molecular weight excluding hydrogens is 408 g/mol. The average Bonchev–Trinajstić information content (AvgIpc) is 3.22. The Kier molecular flexibility index (Phi) is 7.20. The van der Waals surface area contributed by atoms with E-state index in [9.17, 15) is 4.79 Å². The lowest BCUT2D eigenvalue weighted by atomic mass is 9.74. The van der Waals surface area contributed by atoms with Gasteiger partial charge in [0, 0.05) is 31.6 Å². The number of hydrogen-bond acceptors (Lipinski definition) is 5. The molecule has 2 aromatic carbocycles. The number of aryl methyl sites for hydroxylation is 1. The zero-order valence-corrected chi connectivity index (χ0v) is 18.9. The van der Waals surface area contributed by atoms with Gasteiger partial charge < -0.3 is 14.8 Å². The molecule has 31 heavy (non-hydrogen) atoms. The van der Waals surface area contributed by atoms with Gasteiger partial charge in [-0.2, -0.15) is 0 Å². The number of nitrogens with one attached hydrogen (secondary N) is 1. The van der Waals surface area contributed by atoms with Crippen molar-refractivity contribution in [2.45, 2.75) is 44.4 Å². The molecule has 6 heteroatoms. The van der Waals surface area contributed by atoms with E-state index in [0.29, 0.717) is 19.6 Å². The molecule has 0 bridgehead atoms. The van der Waals surface area contributed by atoms with Crippen LogP contribution in [0.15, 0.2) is 48.5 Å². The summed E-state index contributed by atoms with van der Waals surface area (Å²) >= 11 is 1.72. The highest BCUT2D eigenvalue weighted by Crippen LogP contribution is 2.35. The summed E-state index contributed by atoms with van der Waals surface area (Å²) in [7, 11) is 0. The van der Waals surface area contributed by atoms with Gasteiger partial charge in [-0.3, -0.25) is 4.79 Å². The van der Waals surface area contributed by atoms with Crippen molar-refractivity contribution in [1.29, 1.82) is 0 Å². The van der Waals surface area contributed by atoms with Gasteiger partial charge in [-0.25, -0.2) is 4.98 Å². The van der Waals surface area contributed by atoms with Crippen molar-refractivity contribution in [3.8, 4) is 5.75 Å². The molecule has 1 fully saturated rings. The second-order valence-corrected chi connectivity index (χ2v) is 9.17. The smallest absolute Gasteiger partial charge is 0.220 e. The van der Waals surface area contributed by atoms with Gasteiger partial charge in [0.2, 0.25) is 5.91 Å². The van der Waals surface area contributed by atoms with E-state index in [1.54, 1.807) is 11.3 Å². The highest BCUT2D eigenvalue weighted by atomic mass is 32.1. The van der Waals surface area contributed by atoms with Gasteiger partial charge >= 0.3 is 0 Å². The maximum absolute atomic E-state index is 12.6. The van der Waals surface area contributed by atoms with Gasteiger partial charge in [-0.05, 0) is 62.4 Å². The number of rotatable bonds is 9. The van der Waals surface area contributed by atoms with E-state index < -0.39 is 0 Å². The van der Waals surface area contributed by atoms with Gasteiger partial charge in [-0.15, -0.1) is 11.3 Å². The van der Waals surface area contributed by atoms with E-state index >= 15 is 0 Å². The molecule has 0 radical (unpaired) electrons. The summed E-state index contributed by atoms with van der Waals surface area (Å²) < 4.78 is 12.4. The Balaban J connectivity index is 1.31. The average molecular weight is 439 g/mol. The fraction of sp³-hybridized carbons (Fsp3) is 0.440. The summed E-state index contributed by atoms with van der Waals surface area (Å²) in [4.78, 5) is 17.2. The lowest BCUT2D eigenvalue weighted by Crippen LogP contribution is -2.44. The number of aromatic nitrogens is 1. The van der Waals surface area contributed by atoms with Crippen LogP contribution in [0.25, 0.3) is 10.2 Å². The summed E-state index contributed by atoms with van der Waals surface area (Å²) in [5.74, 6) is 0.991. The number of fused-ring (bicyclic) bond motifs is 1. The number of para-hydroxylation sites is 1. The maximum atomic E-state index is 12.6. The topological polar surface area (TPSA) is 60.5 Å². The number of carbonyl (C=O) groups is 1. The Hall–Kier alpha value is -2.44. The third-order valence-corrected chi connectivity index (χ3v) is 7.08. The molecule has 0 unspecified atom stereocenters. The maximum Gasteiger partial charge on any atom is 0.220 e. The Labute approximate surface area is 187 Å². The molecule has 1 aromatic heterocycles. The molecule has 4 rings (SSSR count). The number of nitrogens with zero attached hydrogens (tertiary/aromatic N) is 1. The van der Waals surface area contributed by atoms with Crippen molar-refractivity contribution in [3.63, 3.8) is 0 Å². The van der Waals surface area contributed by atoms with Gasteiger partial charge in [0.15, 0.2) is 0 Å². The molecule has 1 N–H and O–H groups in total. The van der Waals surface area contributed by atoms with Crippen LogP contribution in [0.3, 0.4) is 0 Å². The lowest BCUT2D eigenvalue weighted by Gasteiger charge is -2.38. The first-order valence-corrected chi connectivity index (χ1v) is 11.9. The highest BCUT2D eigenvalue weighted by Gasteiger charge is 2.34. The predicted octanol–water partition coefficient (Wildman–Crippen LogP) is 4.88. The number of benzene rings is 2. The quantitative estimate of drug-likeness (QED) is 0.517. The van der Waals surface area contributed by atoms with Crippen LogP contribution >= 0.6 is 11.3 Å². The molecule has 0 spiro atoms. The first-order valence-electron chi connectivity index (χ1n) is 11.1. The zero-order valence-electron chi connectivity index (χ0n) is 18.1. The molecule has 1 amide bonds. The van der Waals surface area contributed by atoms with E-state index in [1.165, 1.54) is 10.3 Å². The summed E-state index contributed by atoms with van der Waals surface area (Å²) in [5, 5.41) is 4.30. The first-order chi connectivity index (χ1) is 15.2. The number of thiazole rings is 1. The molecular formula is C25H30N2O3S. The predicted molar refractivity (Wildman–Crippen MR) is 125 cm³/mol. The lowest BCUT2D eigenvalue weighted by molar-refractivity contribution is -0.121. The fourth-order valence-electron chi connectivity index (χ4n) is 4.18. The van der Waals surface area contributed by atoms with Gasteiger partial charge in [0.25, 0.3) is 0 Å². The monoisotopic (exact) mass is 438 g/mol. The molecule has 1 saturated heterocycles. The molecule has 0 saturated carbocycles. The third-order valence-electron chi connectivity index (χ3n) is 5.98. The van der Waals surface area contributed by atoms with Crippen molar-refractivity contribution < 1.29 is 14.3 Å². The minimum atomic E-state index is -0.0777. The first kappa shape index (κ1) is 21.8.